The maximum absolute atomic E-state index is 5.28. The summed E-state index contributed by atoms with van der Waals surface area (Å²) in [5, 5.41) is 0. The summed E-state index contributed by atoms with van der Waals surface area (Å²) < 4.78 is 5.28. The molecule has 2 aromatic rings. The van der Waals surface area contributed by atoms with Crippen molar-refractivity contribution in [3.63, 3.8) is 0 Å². The molecule has 2 aliphatic rings. The lowest BCUT2D eigenvalue weighted by molar-refractivity contribution is 0.168. The smallest absolute Gasteiger partial charge is 0.118 e. The summed E-state index contributed by atoms with van der Waals surface area (Å²) >= 11 is 0. The summed E-state index contributed by atoms with van der Waals surface area (Å²) in [6, 6.07) is 9.21. The number of benzene rings is 1. The van der Waals surface area contributed by atoms with Gasteiger partial charge in [0.2, 0.25) is 0 Å². The molecule has 4 nitrogen and oxygen atoms in total. The van der Waals surface area contributed by atoms with Crippen LogP contribution in [0.1, 0.15) is 48.6 Å². The molecular formula is C18H23N3O. The van der Waals surface area contributed by atoms with Crippen LogP contribution in [0.2, 0.25) is 0 Å². The van der Waals surface area contributed by atoms with Crippen LogP contribution in [0.3, 0.4) is 0 Å². The molecule has 0 spiro atoms. The number of H-pyrrole nitrogens is 1. The van der Waals surface area contributed by atoms with Crippen LogP contribution in [0.5, 0.6) is 5.75 Å². The van der Waals surface area contributed by atoms with Crippen molar-refractivity contribution in [1.29, 1.82) is 0 Å². The first-order valence-electron chi connectivity index (χ1n) is 8.25. The van der Waals surface area contributed by atoms with Crippen molar-refractivity contribution in [2.75, 3.05) is 13.7 Å². The molecule has 4 heteroatoms. The molecule has 1 N–H and O–H groups in total. The maximum Gasteiger partial charge on any atom is 0.118 e. The van der Waals surface area contributed by atoms with Crippen LogP contribution in [0.4, 0.5) is 0 Å². The summed E-state index contributed by atoms with van der Waals surface area (Å²) in [6.07, 6.45) is 7.30. The topological polar surface area (TPSA) is 41.1 Å². The zero-order valence-electron chi connectivity index (χ0n) is 13.1. The number of aromatic amines is 1. The van der Waals surface area contributed by atoms with Gasteiger partial charge in [-0.15, -0.1) is 0 Å². The fraction of sp³-hybridized carbons (Fsp3) is 0.500. The van der Waals surface area contributed by atoms with E-state index in [9.17, 15) is 0 Å². The maximum atomic E-state index is 5.28. The first kappa shape index (κ1) is 13.8. The second-order valence-electron chi connectivity index (χ2n) is 6.46. The number of hydrogen-bond donors (Lipinski definition) is 1. The van der Waals surface area contributed by atoms with E-state index in [1.54, 1.807) is 7.11 Å². The number of methoxy groups -OCH3 is 1. The van der Waals surface area contributed by atoms with Gasteiger partial charge in [-0.1, -0.05) is 25.0 Å². The van der Waals surface area contributed by atoms with Crippen LogP contribution >= 0.6 is 0 Å². The average Bonchev–Trinajstić information content (AvgIpc) is 3.25. The van der Waals surface area contributed by atoms with Crippen LogP contribution in [-0.2, 0) is 6.54 Å². The lowest BCUT2D eigenvalue weighted by atomic mass is 9.90. The van der Waals surface area contributed by atoms with E-state index in [1.807, 2.05) is 6.33 Å². The van der Waals surface area contributed by atoms with Crippen molar-refractivity contribution in [3.05, 3.63) is 47.5 Å². The number of fused-ring (bicyclic) bond motifs is 1. The Morgan fingerprint density at radius 3 is 2.68 bits per heavy atom. The highest BCUT2D eigenvalue weighted by Crippen LogP contribution is 2.35. The third-order valence-corrected chi connectivity index (χ3v) is 5.22. The van der Waals surface area contributed by atoms with Gasteiger partial charge in [-0.2, -0.15) is 0 Å². The Bertz CT molecular complexity index is 628. The van der Waals surface area contributed by atoms with E-state index < -0.39 is 0 Å². The van der Waals surface area contributed by atoms with Gasteiger partial charge < -0.3 is 9.72 Å². The van der Waals surface area contributed by atoms with E-state index in [2.05, 4.69) is 39.1 Å². The number of imidazole rings is 1. The molecule has 1 aromatic carbocycles. The van der Waals surface area contributed by atoms with Gasteiger partial charge in [-0.05, 0) is 30.5 Å². The molecule has 1 aliphatic heterocycles. The molecule has 4 rings (SSSR count). The first-order valence-corrected chi connectivity index (χ1v) is 8.25. The minimum Gasteiger partial charge on any atom is -0.497 e. The molecule has 2 heterocycles. The van der Waals surface area contributed by atoms with Crippen LogP contribution < -0.4 is 4.74 Å². The Labute approximate surface area is 131 Å². The largest absolute Gasteiger partial charge is 0.497 e. The van der Waals surface area contributed by atoms with Gasteiger partial charge in [0.1, 0.15) is 5.75 Å². The quantitative estimate of drug-likeness (QED) is 0.945. The van der Waals surface area contributed by atoms with Gasteiger partial charge in [0.15, 0.2) is 0 Å². The lowest BCUT2D eigenvalue weighted by Gasteiger charge is -2.36. The molecule has 0 saturated heterocycles. The van der Waals surface area contributed by atoms with E-state index in [-0.39, 0.29) is 0 Å². The number of ether oxygens (including phenoxy) is 1. The molecule has 1 atom stereocenters. The fourth-order valence-electron chi connectivity index (χ4n) is 3.99. The predicted octanol–water partition coefficient (Wildman–Crippen LogP) is 3.31. The van der Waals surface area contributed by atoms with Gasteiger partial charge in [-0.3, -0.25) is 4.90 Å². The molecule has 1 saturated carbocycles. The molecule has 116 valence electrons. The second-order valence-corrected chi connectivity index (χ2v) is 6.46. The third-order valence-electron chi connectivity index (χ3n) is 5.22. The van der Waals surface area contributed by atoms with E-state index in [4.69, 9.17) is 4.74 Å². The van der Waals surface area contributed by atoms with Crippen molar-refractivity contribution in [1.82, 2.24) is 14.9 Å². The highest BCUT2D eigenvalue weighted by atomic mass is 16.5. The molecule has 1 unspecified atom stereocenters. The average molecular weight is 297 g/mol. The van der Waals surface area contributed by atoms with E-state index in [1.165, 1.54) is 42.6 Å². The molecule has 0 amide bonds. The van der Waals surface area contributed by atoms with Crippen molar-refractivity contribution in [2.24, 2.45) is 0 Å². The molecular weight excluding hydrogens is 274 g/mol. The van der Waals surface area contributed by atoms with Gasteiger partial charge in [0.25, 0.3) is 0 Å². The Hall–Kier alpha value is -1.81. The molecule has 0 bridgehead atoms. The highest BCUT2D eigenvalue weighted by Gasteiger charge is 2.33. The number of nitrogens with zero attached hydrogens (tertiary/aromatic N) is 2. The summed E-state index contributed by atoms with van der Waals surface area (Å²) in [6.45, 7) is 2.10. The fourth-order valence-corrected chi connectivity index (χ4v) is 3.99. The van der Waals surface area contributed by atoms with Gasteiger partial charge in [-0.25, -0.2) is 4.98 Å². The molecule has 1 fully saturated rings. The summed E-state index contributed by atoms with van der Waals surface area (Å²) in [5.41, 5.74) is 3.84. The van der Waals surface area contributed by atoms with E-state index in [0.29, 0.717) is 5.92 Å². The number of rotatable bonds is 3. The minimum atomic E-state index is 0.363. The van der Waals surface area contributed by atoms with Gasteiger partial charge in [0.05, 0.1) is 24.8 Å². The number of nitrogens with one attached hydrogen (secondary N) is 1. The van der Waals surface area contributed by atoms with Crippen LogP contribution in [-0.4, -0.2) is 34.6 Å². The minimum absolute atomic E-state index is 0.363. The van der Waals surface area contributed by atoms with Crippen molar-refractivity contribution in [2.45, 2.75) is 44.2 Å². The summed E-state index contributed by atoms with van der Waals surface area (Å²) in [5.74, 6) is 1.27. The normalized spacial score (nSPS) is 22.7. The Balaban J connectivity index is 1.64. The number of hydrogen-bond acceptors (Lipinski definition) is 3. The van der Waals surface area contributed by atoms with Gasteiger partial charge in [0, 0.05) is 25.0 Å². The Kier molecular flexibility index (Phi) is 3.62. The van der Waals surface area contributed by atoms with Crippen molar-refractivity contribution < 1.29 is 4.74 Å². The molecule has 22 heavy (non-hydrogen) atoms. The SMILES string of the molecule is COc1ccc(C2CN(C3CCCC3)Cc3[nH]cnc32)cc1. The summed E-state index contributed by atoms with van der Waals surface area (Å²) in [4.78, 5) is 10.6. The Morgan fingerprint density at radius 2 is 1.95 bits per heavy atom. The molecule has 1 aromatic heterocycles. The van der Waals surface area contributed by atoms with E-state index in [0.717, 1.165) is 24.9 Å². The lowest BCUT2D eigenvalue weighted by Crippen LogP contribution is -2.40. The predicted molar refractivity (Wildman–Crippen MR) is 86.1 cm³/mol. The standard InChI is InChI=1S/C18H23N3O/c1-22-15-8-6-13(7-9-15)16-10-21(14-4-2-3-5-14)11-17-18(16)20-12-19-17/h6-9,12,14,16H,2-5,10-11H2,1H3,(H,19,20). The van der Waals surface area contributed by atoms with Crippen LogP contribution in [0.15, 0.2) is 30.6 Å². The Morgan fingerprint density at radius 1 is 1.18 bits per heavy atom. The van der Waals surface area contributed by atoms with Crippen molar-refractivity contribution >= 4 is 0 Å². The highest BCUT2D eigenvalue weighted by molar-refractivity contribution is 5.36. The number of aromatic nitrogens is 2. The molecule has 1 aliphatic carbocycles. The van der Waals surface area contributed by atoms with Crippen LogP contribution in [0.25, 0.3) is 0 Å². The van der Waals surface area contributed by atoms with Gasteiger partial charge >= 0.3 is 0 Å². The first-order chi connectivity index (χ1) is 10.8. The monoisotopic (exact) mass is 297 g/mol. The second kappa shape index (κ2) is 5.76. The van der Waals surface area contributed by atoms with Crippen molar-refractivity contribution in [3.8, 4) is 5.75 Å². The zero-order valence-corrected chi connectivity index (χ0v) is 13.1. The summed E-state index contributed by atoms with van der Waals surface area (Å²) in [7, 11) is 1.71. The third kappa shape index (κ3) is 2.41. The zero-order chi connectivity index (χ0) is 14.9. The van der Waals surface area contributed by atoms with Crippen LogP contribution in [0, 0.1) is 0 Å². The molecule has 0 radical (unpaired) electrons. The van der Waals surface area contributed by atoms with E-state index >= 15 is 0 Å².